The van der Waals surface area contributed by atoms with Crippen molar-refractivity contribution in [2.45, 2.75) is 13.3 Å². The molecule has 2 amide bonds. The van der Waals surface area contributed by atoms with Crippen LogP contribution in [0.15, 0.2) is 46.9 Å². The van der Waals surface area contributed by atoms with Crippen LogP contribution in [0.4, 0.5) is 14.5 Å². The maximum Gasteiger partial charge on any atom is 0.269 e. The Balaban J connectivity index is 2.35. The molecule has 1 heterocycles. The van der Waals surface area contributed by atoms with Crippen LogP contribution in [0.25, 0.3) is 11.3 Å². The molecule has 7 heteroatoms. The van der Waals surface area contributed by atoms with Crippen LogP contribution in [-0.4, -0.2) is 18.9 Å². The van der Waals surface area contributed by atoms with Gasteiger partial charge in [-0.15, -0.1) is 0 Å². The van der Waals surface area contributed by atoms with Crippen LogP contribution < -0.4 is 4.90 Å². The SMILES string of the molecule is CO/C(=C1\C(=O)N(C(C)=O)c2ccc(Br)cc21)c1ccccc1C(F)F. The summed E-state index contributed by atoms with van der Waals surface area (Å²) in [5.74, 6) is -1.06. The molecule has 0 radical (unpaired) electrons. The minimum atomic E-state index is -2.74. The maximum atomic E-state index is 13.4. The van der Waals surface area contributed by atoms with Gasteiger partial charge in [0, 0.05) is 28.1 Å². The van der Waals surface area contributed by atoms with Crippen LogP contribution in [-0.2, 0) is 14.3 Å². The van der Waals surface area contributed by atoms with E-state index in [4.69, 9.17) is 4.74 Å². The van der Waals surface area contributed by atoms with Gasteiger partial charge < -0.3 is 4.74 Å². The number of alkyl halides is 2. The Bertz CT molecular complexity index is 940. The predicted octanol–water partition coefficient (Wildman–Crippen LogP) is 4.79. The van der Waals surface area contributed by atoms with Gasteiger partial charge in [0.1, 0.15) is 5.76 Å². The lowest BCUT2D eigenvalue weighted by molar-refractivity contribution is -0.122. The quantitative estimate of drug-likeness (QED) is 0.528. The molecule has 4 nitrogen and oxygen atoms in total. The summed E-state index contributed by atoms with van der Waals surface area (Å²) in [6.45, 7) is 1.27. The van der Waals surface area contributed by atoms with Gasteiger partial charge in [0.15, 0.2) is 0 Å². The van der Waals surface area contributed by atoms with Gasteiger partial charge in [-0.2, -0.15) is 0 Å². The first-order chi connectivity index (χ1) is 12.4. The second-order valence-electron chi connectivity index (χ2n) is 5.62. The van der Waals surface area contributed by atoms with Gasteiger partial charge in [0.05, 0.1) is 18.4 Å². The lowest BCUT2D eigenvalue weighted by Gasteiger charge is -2.15. The van der Waals surface area contributed by atoms with Crippen molar-refractivity contribution in [1.29, 1.82) is 0 Å². The van der Waals surface area contributed by atoms with Crippen LogP contribution in [0.2, 0.25) is 0 Å². The van der Waals surface area contributed by atoms with Gasteiger partial charge in [-0.25, -0.2) is 13.7 Å². The number of anilines is 1. The number of fused-ring (bicyclic) bond motifs is 1. The number of carbonyl (C=O) groups is 2. The zero-order valence-electron chi connectivity index (χ0n) is 13.9. The number of halogens is 3. The lowest BCUT2D eigenvalue weighted by Crippen LogP contribution is -2.31. The molecule has 0 atom stereocenters. The van der Waals surface area contributed by atoms with Crippen molar-refractivity contribution < 1.29 is 23.1 Å². The van der Waals surface area contributed by atoms with Gasteiger partial charge in [0.2, 0.25) is 5.91 Å². The fraction of sp³-hybridized carbons (Fsp3) is 0.158. The Kier molecular flexibility index (Phi) is 4.91. The molecular formula is C19H14BrF2NO3. The monoisotopic (exact) mass is 421 g/mol. The summed E-state index contributed by atoms with van der Waals surface area (Å²) in [4.78, 5) is 25.9. The number of methoxy groups -OCH3 is 1. The van der Waals surface area contributed by atoms with E-state index in [0.29, 0.717) is 15.7 Å². The summed E-state index contributed by atoms with van der Waals surface area (Å²) in [5, 5.41) is 0. The van der Waals surface area contributed by atoms with Gasteiger partial charge >= 0.3 is 0 Å². The van der Waals surface area contributed by atoms with Crippen LogP contribution in [0.1, 0.15) is 30.0 Å². The van der Waals surface area contributed by atoms with E-state index in [1.54, 1.807) is 24.3 Å². The highest BCUT2D eigenvalue weighted by Crippen LogP contribution is 2.43. The third kappa shape index (κ3) is 2.92. The topological polar surface area (TPSA) is 46.6 Å². The van der Waals surface area contributed by atoms with Crippen LogP contribution >= 0.6 is 15.9 Å². The van der Waals surface area contributed by atoms with Crippen molar-refractivity contribution in [2.75, 3.05) is 12.0 Å². The van der Waals surface area contributed by atoms with Crippen LogP contribution in [0, 0.1) is 0 Å². The lowest BCUT2D eigenvalue weighted by atomic mass is 9.98. The Labute approximate surface area is 157 Å². The van der Waals surface area contributed by atoms with Gasteiger partial charge in [0.25, 0.3) is 12.3 Å². The first-order valence-corrected chi connectivity index (χ1v) is 8.46. The third-order valence-corrected chi connectivity index (χ3v) is 4.57. The Hall–Kier alpha value is -2.54. The summed E-state index contributed by atoms with van der Waals surface area (Å²) >= 11 is 3.34. The first-order valence-electron chi connectivity index (χ1n) is 7.67. The molecule has 0 N–H and O–H groups in total. The molecule has 0 aliphatic carbocycles. The van der Waals surface area contributed by atoms with Crippen molar-refractivity contribution >= 4 is 44.8 Å². The van der Waals surface area contributed by atoms with E-state index in [-0.39, 0.29) is 22.5 Å². The van der Waals surface area contributed by atoms with E-state index in [1.165, 1.54) is 32.2 Å². The molecular weight excluding hydrogens is 408 g/mol. The molecule has 0 saturated heterocycles. The van der Waals surface area contributed by atoms with E-state index in [1.807, 2.05) is 0 Å². The smallest absolute Gasteiger partial charge is 0.269 e. The van der Waals surface area contributed by atoms with E-state index in [9.17, 15) is 18.4 Å². The number of amides is 2. The highest BCUT2D eigenvalue weighted by molar-refractivity contribution is 9.10. The second kappa shape index (κ2) is 6.99. The summed E-state index contributed by atoms with van der Waals surface area (Å²) < 4.78 is 32.9. The second-order valence-corrected chi connectivity index (χ2v) is 6.53. The minimum Gasteiger partial charge on any atom is -0.495 e. The standard InChI is InChI=1S/C19H14BrF2NO3/c1-10(24)23-15-8-7-11(20)9-14(15)16(19(23)25)17(26-2)12-5-3-4-6-13(12)18(21)22/h3-9,18H,1-2H3/b17-16-. The Morgan fingerprint density at radius 1 is 1.19 bits per heavy atom. The highest BCUT2D eigenvalue weighted by atomic mass is 79.9. The number of carbonyl (C=O) groups excluding carboxylic acids is 2. The molecule has 1 aliphatic heterocycles. The number of hydrogen-bond donors (Lipinski definition) is 0. The first kappa shape index (κ1) is 18.3. The van der Waals surface area contributed by atoms with Gasteiger partial charge in [-0.05, 0) is 18.2 Å². The molecule has 2 aromatic rings. The van der Waals surface area contributed by atoms with Gasteiger partial charge in [-0.1, -0.05) is 40.2 Å². The van der Waals surface area contributed by atoms with Gasteiger partial charge in [-0.3, -0.25) is 9.59 Å². The maximum absolute atomic E-state index is 13.4. The number of ether oxygens (including phenoxy) is 1. The molecule has 0 aromatic heterocycles. The number of hydrogen-bond acceptors (Lipinski definition) is 3. The van der Waals surface area contributed by atoms with E-state index in [0.717, 1.165) is 4.90 Å². The number of benzene rings is 2. The molecule has 26 heavy (non-hydrogen) atoms. The summed E-state index contributed by atoms with van der Waals surface area (Å²) in [7, 11) is 1.31. The average molecular weight is 422 g/mol. The summed E-state index contributed by atoms with van der Waals surface area (Å²) in [6, 6.07) is 10.8. The molecule has 0 saturated carbocycles. The van der Waals surface area contributed by atoms with E-state index >= 15 is 0 Å². The molecule has 0 bridgehead atoms. The molecule has 134 valence electrons. The third-order valence-electron chi connectivity index (χ3n) is 4.07. The molecule has 3 rings (SSSR count). The molecule has 2 aromatic carbocycles. The number of rotatable bonds is 3. The van der Waals surface area contributed by atoms with Crippen LogP contribution in [0.3, 0.4) is 0 Å². The zero-order chi connectivity index (χ0) is 19.0. The number of nitrogens with zero attached hydrogens (tertiary/aromatic N) is 1. The number of imide groups is 1. The van der Waals surface area contributed by atoms with Crippen molar-refractivity contribution in [2.24, 2.45) is 0 Å². The van der Waals surface area contributed by atoms with E-state index < -0.39 is 18.2 Å². The molecule has 1 aliphatic rings. The normalized spacial score (nSPS) is 15.3. The fourth-order valence-corrected chi connectivity index (χ4v) is 3.37. The predicted molar refractivity (Wildman–Crippen MR) is 97.5 cm³/mol. The van der Waals surface area contributed by atoms with Crippen molar-refractivity contribution in [1.82, 2.24) is 0 Å². The Morgan fingerprint density at radius 3 is 2.50 bits per heavy atom. The summed E-state index contributed by atoms with van der Waals surface area (Å²) in [6.07, 6.45) is -2.74. The largest absolute Gasteiger partial charge is 0.495 e. The highest BCUT2D eigenvalue weighted by Gasteiger charge is 2.38. The van der Waals surface area contributed by atoms with Crippen molar-refractivity contribution in [3.05, 3.63) is 63.6 Å². The molecule has 0 fully saturated rings. The minimum absolute atomic E-state index is 0.00833. The van der Waals surface area contributed by atoms with Crippen molar-refractivity contribution in [3.8, 4) is 0 Å². The fourth-order valence-electron chi connectivity index (χ4n) is 3.01. The van der Waals surface area contributed by atoms with Crippen LogP contribution in [0.5, 0.6) is 0 Å². The molecule has 0 unspecified atom stereocenters. The van der Waals surface area contributed by atoms with E-state index in [2.05, 4.69) is 15.9 Å². The Morgan fingerprint density at radius 2 is 1.88 bits per heavy atom. The summed E-state index contributed by atoms with van der Waals surface area (Å²) in [5.41, 5.74) is 0.782. The van der Waals surface area contributed by atoms with Crippen molar-refractivity contribution in [3.63, 3.8) is 0 Å². The average Bonchev–Trinajstić information content (AvgIpc) is 2.88. The molecule has 0 spiro atoms. The zero-order valence-corrected chi connectivity index (χ0v) is 15.5.